The van der Waals surface area contributed by atoms with E-state index in [2.05, 4.69) is 31.4 Å². The molecule has 138 valence electrons. The van der Waals surface area contributed by atoms with Gasteiger partial charge >= 0.3 is 5.97 Å². The third-order valence-corrected chi connectivity index (χ3v) is 3.87. The van der Waals surface area contributed by atoms with Crippen LogP contribution < -0.4 is 10.6 Å². The second kappa shape index (κ2) is 8.19. The van der Waals surface area contributed by atoms with Crippen LogP contribution in [0, 0.1) is 11.3 Å². The molecule has 0 aliphatic rings. The number of nitrogens with one attached hydrogen (secondary N) is 2. The number of amides is 1. The van der Waals surface area contributed by atoms with Gasteiger partial charge in [-0.1, -0.05) is 39.0 Å². The smallest absolute Gasteiger partial charge is 0.335 e. The van der Waals surface area contributed by atoms with Crippen molar-refractivity contribution in [2.24, 2.45) is 0 Å². The first-order chi connectivity index (χ1) is 12.7. The third kappa shape index (κ3) is 5.44. The molecule has 0 spiro atoms. The summed E-state index contributed by atoms with van der Waals surface area (Å²) in [5.74, 6) is -1.72. The molecule has 0 aliphatic carbocycles. The number of hydrogen-bond acceptors (Lipinski definition) is 4. The van der Waals surface area contributed by atoms with Crippen molar-refractivity contribution in [3.05, 3.63) is 71.4 Å². The van der Waals surface area contributed by atoms with E-state index in [1.807, 2.05) is 30.3 Å². The van der Waals surface area contributed by atoms with E-state index in [0.29, 0.717) is 5.69 Å². The van der Waals surface area contributed by atoms with Crippen LogP contribution in [0.2, 0.25) is 0 Å². The highest BCUT2D eigenvalue weighted by atomic mass is 16.4. The van der Waals surface area contributed by atoms with Gasteiger partial charge in [-0.3, -0.25) is 4.79 Å². The van der Waals surface area contributed by atoms with Crippen LogP contribution in [0.15, 0.2) is 60.3 Å². The van der Waals surface area contributed by atoms with Gasteiger partial charge in [-0.25, -0.2) is 4.79 Å². The van der Waals surface area contributed by atoms with Crippen LogP contribution in [0.3, 0.4) is 0 Å². The third-order valence-electron chi connectivity index (χ3n) is 3.87. The number of carboxylic acids is 1. The monoisotopic (exact) mass is 363 g/mol. The Morgan fingerprint density at radius 3 is 2.30 bits per heavy atom. The van der Waals surface area contributed by atoms with Crippen molar-refractivity contribution in [1.82, 2.24) is 0 Å². The molecule has 0 atom stereocenters. The standard InChI is InChI=1S/C21H21N3O3/c1-21(2,3)16-7-9-17(10-8-16)23-13-15(12-22)19(25)24-18-6-4-5-14(11-18)20(26)27/h4-11,13,23H,1-3H3,(H,24,25)(H,26,27)/b15-13-. The summed E-state index contributed by atoms with van der Waals surface area (Å²) in [6.45, 7) is 6.35. The van der Waals surface area contributed by atoms with Gasteiger partial charge < -0.3 is 15.7 Å². The molecule has 2 aromatic rings. The fraction of sp³-hybridized carbons (Fsp3) is 0.190. The number of carboxylic acid groups (broad SMARTS) is 1. The first kappa shape index (κ1) is 19.7. The summed E-state index contributed by atoms with van der Waals surface area (Å²) in [5.41, 5.74) is 2.18. The minimum Gasteiger partial charge on any atom is -0.478 e. The molecule has 6 nitrogen and oxygen atoms in total. The molecule has 6 heteroatoms. The Morgan fingerprint density at radius 2 is 1.74 bits per heavy atom. The number of carbonyl (C=O) groups is 2. The van der Waals surface area contributed by atoms with E-state index in [9.17, 15) is 14.9 Å². The molecule has 1 amide bonds. The predicted molar refractivity (Wildman–Crippen MR) is 104 cm³/mol. The second-order valence-corrected chi connectivity index (χ2v) is 6.98. The van der Waals surface area contributed by atoms with Crippen molar-refractivity contribution in [3.8, 4) is 6.07 Å². The van der Waals surface area contributed by atoms with Gasteiger partial charge in [0.25, 0.3) is 5.91 Å². The number of aromatic carboxylic acids is 1. The Balaban J connectivity index is 2.09. The average molecular weight is 363 g/mol. The fourth-order valence-corrected chi connectivity index (χ4v) is 2.30. The first-order valence-electron chi connectivity index (χ1n) is 8.33. The highest BCUT2D eigenvalue weighted by molar-refractivity contribution is 6.07. The van der Waals surface area contributed by atoms with E-state index in [0.717, 1.165) is 5.69 Å². The second-order valence-electron chi connectivity index (χ2n) is 6.98. The van der Waals surface area contributed by atoms with Crippen LogP contribution in [0.4, 0.5) is 11.4 Å². The molecule has 0 aliphatic heterocycles. The zero-order chi connectivity index (χ0) is 20.0. The van der Waals surface area contributed by atoms with Gasteiger partial charge in [0.2, 0.25) is 0 Å². The normalized spacial score (nSPS) is 11.4. The van der Waals surface area contributed by atoms with E-state index in [1.165, 1.54) is 30.0 Å². The van der Waals surface area contributed by atoms with Crippen LogP contribution in [0.1, 0.15) is 36.7 Å². The predicted octanol–water partition coefficient (Wildman–Crippen LogP) is 4.14. The summed E-state index contributed by atoms with van der Waals surface area (Å²) in [7, 11) is 0. The summed E-state index contributed by atoms with van der Waals surface area (Å²) in [6, 6.07) is 15.4. The lowest BCUT2D eigenvalue weighted by Gasteiger charge is -2.19. The molecule has 0 heterocycles. The molecule has 0 saturated carbocycles. The SMILES string of the molecule is CC(C)(C)c1ccc(N/C=C(/C#N)C(=O)Nc2cccc(C(=O)O)c2)cc1. The molecule has 3 N–H and O–H groups in total. The minimum absolute atomic E-state index is 0.0383. The van der Waals surface area contributed by atoms with Crippen molar-refractivity contribution in [2.45, 2.75) is 26.2 Å². The largest absolute Gasteiger partial charge is 0.478 e. The number of nitriles is 1. The molecule has 0 aromatic heterocycles. The quantitative estimate of drug-likeness (QED) is 0.547. The lowest BCUT2D eigenvalue weighted by molar-refractivity contribution is -0.112. The Morgan fingerprint density at radius 1 is 1.07 bits per heavy atom. The topological polar surface area (TPSA) is 102 Å². The Labute approximate surface area is 158 Å². The van der Waals surface area contributed by atoms with Crippen LogP contribution in [-0.4, -0.2) is 17.0 Å². The average Bonchev–Trinajstić information content (AvgIpc) is 2.62. The molecule has 27 heavy (non-hydrogen) atoms. The molecule has 2 rings (SSSR count). The van der Waals surface area contributed by atoms with Crippen molar-refractivity contribution in [2.75, 3.05) is 10.6 Å². The fourth-order valence-electron chi connectivity index (χ4n) is 2.30. The summed E-state index contributed by atoms with van der Waals surface area (Å²) >= 11 is 0. The van der Waals surface area contributed by atoms with Gasteiger partial charge in [0.15, 0.2) is 0 Å². The molecule has 0 radical (unpaired) electrons. The number of nitrogens with zero attached hydrogens (tertiary/aromatic N) is 1. The van der Waals surface area contributed by atoms with Gasteiger partial charge in [0.1, 0.15) is 11.6 Å². The van der Waals surface area contributed by atoms with Gasteiger partial charge in [-0.15, -0.1) is 0 Å². The maximum absolute atomic E-state index is 12.2. The minimum atomic E-state index is -1.09. The van der Waals surface area contributed by atoms with Crippen LogP contribution in [0.25, 0.3) is 0 Å². The first-order valence-corrected chi connectivity index (χ1v) is 8.33. The van der Waals surface area contributed by atoms with Gasteiger partial charge in [0.05, 0.1) is 5.56 Å². The molecule has 0 saturated heterocycles. The Bertz CT molecular complexity index is 917. The lowest BCUT2D eigenvalue weighted by atomic mass is 9.87. The summed E-state index contributed by atoms with van der Waals surface area (Å²) in [5, 5.41) is 23.7. The van der Waals surface area contributed by atoms with Crippen molar-refractivity contribution in [3.63, 3.8) is 0 Å². The van der Waals surface area contributed by atoms with E-state index in [-0.39, 0.29) is 16.6 Å². The van der Waals surface area contributed by atoms with Gasteiger partial charge in [-0.2, -0.15) is 5.26 Å². The molecule has 0 fully saturated rings. The zero-order valence-electron chi connectivity index (χ0n) is 15.4. The summed E-state index contributed by atoms with van der Waals surface area (Å²) in [4.78, 5) is 23.2. The molecule has 0 bridgehead atoms. The van der Waals surface area contributed by atoms with Crippen molar-refractivity contribution >= 4 is 23.3 Å². The lowest BCUT2D eigenvalue weighted by Crippen LogP contribution is -2.15. The van der Waals surface area contributed by atoms with Crippen LogP contribution >= 0.6 is 0 Å². The number of hydrogen-bond donors (Lipinski definition) is 3. The summed E-state index contributed by atoms with van der Waals surface area (Å²) in [6.07, 6.45) is 1.32. The van der Waals surface area contributed by atoms with Crippen molar-refractivity contribution < 1.29 is 14.7 Å². The highest BCUT2D eigenvalue weighted by Gasteiger charge is 2.13. The number of anilines is 2. The summed E-state index contributed by atoms with van der Waals surface area (Å²) < 4.78 is 0. The van der Waals surface area contributed by atoms with E-state index < -0.39 is 11.9 Å². The Hall–Kier alpha value is -3.59. The number of rotatable bonds is 5. The van der Waals surface area contributed by atoms with E-state index >= 15 is 0 Å². The molecule has 2 aromatic carbocycles. The molecular weight excluding hydrogens is 342 g/mol. The van der Waals surface area contributed by atoms with Crippen LogP contribution in [0.5, 0.6) is 0 Å². The maximum Gasteiger partial charge on any atom is 0.335 e. The Kier molecular flexibility index (Phi) is 5.99. The molecule has 0 unspecified atom stereocenters. The van der Waals surface area contributed by atoms with E-state index in [4.69, 9.17) is 5.11 Å². The maximum atomic E-state index is 12.2. The number of carbonyl (C=O) groups excluding carboxylic acids is 1. The molecular formula is C21H21N3O3. The van der Waals surface area contributed by atoms with Gasteiger partial charge in [-0.05, 0) is 41.3 Å². The van der Waals surface area contributed by atoms with Crippen molar-refractivity contribution in [1.29, 1.82) is 5.26 Å². The van der Waals surface area contributed by atoms with Crippen LogP contribution in [-0.2, 0) is 10.2 Å². The zero-order valence-corrected chi connectivity index (χ0v) is 15.4. The number of benzene rings is 2. The van der Waals surface area contributed by atoms with Gasteiger partial charge in [0, 0.05) is 17.6 Å². The van der Waals surface area contributed by atoms with E-state index in [1.54, 1.807) is 6.07 Å². The highest BCUT2D eigenvalue weighted by Crippen LogP contribution is 2.23.